The Labute approximate surface area is 119 Å². The molecule has 0 aromatic heterocycles. The molecular formula is C17H17NO2. The fraction of sp³-hybridized carbons (Fsp3) is 0.235. The van der Waals surface area contributed by atoms with Crippen molar-refractivity contribution in [1.82, 2.24) is 0 Å². The molecule has 0 atom stereocenters. The Morgan fingerprint density at radius 3 is 2.25 bits per heavy atom. The van der Waals surface area contributed by atoms with Gasteiger partial charge in [0.1, 0.15) is 18.1 Å². The van der Waals surface area contributed by atoms with Gasteiger partial charge in [-0.05, 0) is 36.8 Å². The minimum absolute atomic E-state index is 0.388. The fourth-order valence-corrected chi connectivity index (χ4v) is 1.77. The maximum atomic E-state index is 9.01. The third-order valence-electron chi connectivity index (χ3n) is 2.83. The van der Waals surface area contributed by atoms with Crippen LogP contribution in [0.3, 0.4) is 0 Å². The Hall–Kier alpha value is -2.47. The largest absolute Gasteiger partial charge is 0.494 e. The summed E-state index contributed by atoms with van der Waals surface area (Å²) in [6.45, 7) is 3.18. The van der Waals surface area contributed by atoms with E-state index in [0.717, 1.165) is 30.1 Å². The SMILES string of the molecule is CCCOc1ccc(OCc2ccccc2C#N)cc1. The van der Waals surface area contributed by atoms with Gasteiger partial charge in [0.15, 0.2) is 0 Å². The highest BCUT2D eigenvalue weighted by atomic mass is 16.5. The predicted molar refractivity (Wildman–Crippen MR) is 77.7 cm³/mol. The van der Waals surface area contributed by atoms with Crippen LogP contribution in [-0.2, 0) is 6.61 Å². The molecule has 3 heteroatoms. The number of nitrogens with zero attached hydrogens (tertiary/aromatic N) is 1. The van der Waals surface area contributed by atoms with Gasteiger partial charge in [0.25, 0.3) is 0 Å². The van der Waals surface area contributed by atoms with Gasteiger partial charge in [-0.25, -0.2) is 0 Å². The monoisotopic (exact) mass is 267 g/mol. The van der Waals surface area contributed by atoms with Crippen molar-refractivity contribution in [2.75, 3.05) is 6.61 Å². The predicted octanol–water partition coefficient (Wildman–Crippen LogP) is 3.93. The minimum Gasteiger partial charge on any atom is -0.494 e. The minimum atomic E-state index is 0.388. The van der Waals surface area contributed by atoms with Crippen LogP contribution < -0.4 is 9.47 Å². The molecular weight excluding hydrogens is 250 g/mol. The van der Waals surface area contributed by atoms with Crippen LogP contribution in [0.1, 0.15) is 24.5 Å². The van der Waals surface area contributed by atoms with E-state index in [-0.39, 0.29) is 0 Å². The molecule has 0 heterocycles. The van der Waals surface area contributed by atoms with Crippen molar-refractivity contribution in [1.29, 1.82) is 5.26 Å². The van der Waals surface area contributed by atoms with Crippen LogP contribution in [0.5, 0.6) is 11.5 Å². The highest BCUT2D eigenvalue weighted by molar-refractivity contribution is 5.37. The Morgan fingerprint density at radius 2 is 1.60 bits per heavy atom. The molecule has 0 radical (unpaired) electrons. The summed E-state index contributed by atoms with van der Waals surface area (Å²) in [6, 6.07) is 17.1. The van der Waals surface area contributed by atoms with E-state index in [2.05, 4.69) is 13.0 Å². The van der Waals surface area contributed by atoms with Crippen molar-refractivity contribution in [2.24, 2.45) is 0 Å². The smallest absolute Gasteiger partial charge is 0.120 e. The standard InChI is InChI=1S/C17H17NO2/c1-2-11-19-16-7-9-17(10-8-16)20-13-15-6-4-3-5-14(15)12-18/h3-10H,2,11,13H2,1H3. The lowest BCUT2D eigenvalue weighted by molar-refractivity contribution is 0.301. The summed E-state index contributed by atoms with van der Waals surface area (Å²) in [5, 5.41) is 9.01. The van der Waals surface area contributed by atoms with Crippen LogP contribution in [-0.4, -0.2) is 6.61 Å². The molecule has 2 rings (SSSR count). The highest BCUT2D eigenvalue weighted by Crippen LogP contribution is 2.19. The fourth-order valence-electron chi connectivity index (χ4n) is 1.77. The number of nitriles is 1. The molecule has 0 saturated heterocycles. The second-order valence-corrected chi connectivity index (χ2v) is 4.38. The zero-order valence-electron chi connectivity index (χ0n) is 11.5. The molecule has 20 heavy (non-hydrogen) atoms. The molecule has 0 spiro atoms. The lowest BCUT2D eigenvalue weighted by atomic mass is 10.1. The van der Waals surface area contributed by atoms with E-state index in [9.17, 15) is 0 Å². The van der Waals surface area contributed by atoms with Crippen molar-refractivity contribution in [3.8, 4) is 17.6 Å². The van der Waals surface area contributed by atoms with Gasteiger partial charge in [-0.2, -0.15) is 5.26 Å². The Balaban J connectivity index is 1.95. The second-order valence-electron chi connectivity index (χ2n) is 4.38. The lowest BCUT2D eigenvalue weighted by Gasteiger charge is -2.09. The van der Waals surface area contributed by atoms with Crippen LogP contribution in [0, 0.1) is 11.3 Å². The molecule has 102 valence electrons. The lowest BCUT2D eigenvalue weighted by Crippen LogP contribution is -1.98. The maximum Gasteiger partial charge on any atom is 0.120 e. The molecule has 0 fully saturated rings. The molecule has 0 aliphatic rings. The van der Waals surface area contributed by atoms with E-state index in [1.807, 2.05) is 42.5 Å². The number of hydrogen-bond acceptors (Lipinski definition) is 3. The van der Waals surface area contributed by atoms with Crippen LogP contribution in [0.4, 0.5) is 0 Å². The molecule has 0 bridgehead atoms. The van der Waals surface area contributed by atoms with E-state index in [1.165, 1.54) is 0 Å². The highest BCUT2D eigenvalue weighted by Gasteiger charge is 2.02. The molecule has 2 aromatic carbocycles. The Morgan fingerprint density at radius 1 is 0.950 bits per heavy atom. The van der Waals surface area contributed by atoms with Gasteiger partial charge in [0.2, 0.25) is 0 Å². The number of rotatable bonds is 6. The van der Waals surface area contributed by atoms with Crippen molar-refractivity contribution >= 4 is 0 Å². The van der Waals surface area contributed by atoms with Gasteiger partial charge >= 0.3 is 0 Å². The first kappa shape index (κ1) is 14.0. The maximum absolute atomic E-state index is 9.01. The van der Waals surface area contributed by atoms with Gasteiger partial charge in [-0.1, -0.05) is 25.1 Å². The number of benzene rings is 2. The summed E-state index contributed by atoms with van der Waals surface area (Å²) in [5.41, 5.74) is 1.54. The Bertz CT molecular complexity index is 585. The first-order chi connectivity index (χ1) is 9.83. The summed E-state index contributed by atoms with van der Waals surface area (Å²) >= 11 is 0. The average Bonchev–Trinajstić information content (AvgIpc) is 2.52. The van der Waals surface area contributed by atoms with Crippen molar-refractivity contribution in [2.45, 2.75) is 20.0 Å². The molecule has 0 amide bonds. The van der Waals surface area contributed by atoms with Crippen molar-refractivity contribution < 1.29 is 9.47 Å². The summed E-state index contributed by atoms with van der Waals surface area (Å²) in [4.78, 5) is 0. The summed E-state index contributed by atoms with van der Waals surface area (Å²) in [5.74, 6) is 1.61. The quantitative estimate of drug-likeness (QED) is 0.796. The van der Waals surface area contributed by atoms with Gasteiger partial charge in [-0.15, -0.1) is 0 Å². The third kappa shape index (κ3) is 3.76. The van der Waals surface area contributed by atoms with Crippen LogP contribution in [0.15, 0.2) is 48.5 Å². The van der Waals surface area contributed by atoms with Crippen LogP contribution >= 0.6 is 0 Å². The summed E-state index contributed by atoms with van der Waals surface area (Å²) in [7, 11) is 0. The zero-order valence-corrected chi connectivity index (χ0v) is 11.5. The van der Waals surface area contributed by atoms with E-state index in [1.54, 1.807) is 6.07 Å². The van der Waals surface area contributed by atoms with Crippen LogP contribution in [0.2, 0.25) is 0 Å². The van der Waals surface area contributed by atoms with Crippen molar-refractivity contribution in [3.63, 3.8) is 0 Å². The van der Waals surface area contributed by atoms with E-state index < -0.39 is 0 Å². The van der Waals surface area contributed by atoms with E-state index in [4.69, 9.17) is 14.7 Å². The molecule has 0 unspecified atom stereocenters. The van der Waals surface area contributed by atoms with E-state index >= 15 is 0 Å². The number of hydrogen-bond donors (Lipinski definition) is 0. The third-order valence-corrected chi connectivity index (χ3v) is 2.83. The molecule has 0 aliphatic heterocycles. The van der Waals surface area contributed by atoms with Crippen LogP contribution in [0.25, 0.3) is 0 Å². The van der Waals surface area contributed by atoms with Crippen molar-refractivity contribution in [3.05, 3.63) is 59.7 Å². The number of ether oxygens (including phenoxy) is 2. The van der Waals surface area contributed by atoms with E-state index in [0.29, 0.717) is 12.2 Å². The summed E-state index contributed by atoms with van der Waals surface area (Å²) < 4.78 is 11.2. The Kier molecular flexibility index (Phi) is 5.02. The molecule has 3 nitrogen and oxygen atoms in total. The summed E-state index contributed by atoms with van der Waals surface area (Å²) in [6.07, 6.45) is 0.989. The zero-order chi connectivity index (χ0) is 14.2. The van der Waals surface area contributed by atoms with Gasteiger partial charge in [0.05, 0.1) is 18.2 Å². The topological polar surface area (TPSA) is 42.2 Å². The molecule has 0 N–H and O–H groups in total. The first-order valence-corrected chi connectivity index (χ1v) is 6.67. The molecule has 2 aromatic rings. The normalized spacial score (nSPS) is 9.80. The second kappa shape index (κ2) is 7.20. The molecule has 0 saturated carbocycles. The van der Waals surface area contributed by atoms with Gasteiger partial charge in [0, 0.05) is 5.56 Å². The average molecular weight is 267 g/mol. The first-order valence-electron chi connectivity index (χ1n) is 6.67. The van der Waals surface area contributed by atoms with Gasteiger partial charge in [-0.3, -0.25) is 0 Å². The molecule has 0 aliphatic carbocycles. The van der Waals surface area contributed by atoms with Gasteiger partial charge < -0.3 is 9.47 Å².